The number of hydrogen-bond acceptors (Lipinski definition) is 3. The number of likely N-dealkylation sites (tertiary alicyclic amines) is 1. The molecule has 1 atom stereocenters. The molecule has 3 rings (SSSR count). The normalized spacial score (nSPS) is 18.5. The molecule has 26 heavy (non-hydrogen) atoms. The van der Waals surface area contributed by atoms with Gasteiger partial charge in [-0.1, -0.05) is 0 Å². The first-order valence-corrected chi connectivity index (χ1v) is 8.83. The molecule has 0 spiro atoms. The largest absolute Gasteiger partial charge is 0.393 e. The molecule has 2 aromatic heterocycles. The number of hydrogen-bond donors (Lipinski definition) is 0. The second kappa shape index (κ2) is 6.89. The lowest BCUT2D eigenvalue weighted by Crippen LogP contribution is -2.44. The molecular formula is C18H23F3N4O. The van der Waals surface area contributed by atoms with Crippen LogP contribution in [0, 0.1) is 26.7 Å². The van der Waals surface area contributed by atoms with Gasteiger partial charge in [0.1, 0.15) is 0 Å². The fourth-order valence-corrected chi connectivity index (χ4v) is 3.66. The van der Waals surface area contributed by atoms with E-state index in [1.807, 2.05) is 26.8 Å². The second-order valence-corrected chi connectivity index (χ2v) is 7.04. The van der Waals surface area contributed by atoms with Crippen LogP contribution in [0.1, 0.15) is 41.9 Å². The van der Waals surface area contributed by atoms with Crippen LogP contribution in [0.25, 0.3) is 5.65 Å². The summed E-state index contributed by atoms with van der Waals surface area (Å²) >= 11 is 0. The van der Waals surface area contributed by atoms with Crippen molar-refractivity contribution in [3.8, 4) is 0 Å². The minimum absolute atomic E-state index is 0.102. The van der Waals surface area contributed by atoms with Gasteiger partial charge in [0.15, 0.2) is 5.65 Å². The molecule has 0 aromatic carbocycles. The number of aromatic nitrogens is 3. The zero-order chi connectivity index (χ0) is 19.1. The van der Waals surface area contributed by atoms with Crippen molar-refractivity contribution in [2.45, 2.75) is 52.6 Å². The summed E-state index contributed by atoms with van der Waals surface area (Å²) in [6, 6.07) is 1.89. The van der Waals surface area contributed by atoms with Crippen LogP contribution in [0.15, 0.2) is 6.07 Å². The molecule has 1 aliphatic heterocycles. The van der Waals surface area contributed by atoms with E-state index < -0.39 is 12.1 Å². The summed E-state index contributed by atoms with van der Waals surface area (Å²) in [5.74, 6) is -1.64. The number of fused-ring (bicyclic) bond motifs is 1. The van der Waals surface area contributed by atoms with Gasteiger partial charge in [-0.2, -0.15) is 18.3 Å². The number of aryl methyl sites for hydroxylation is 3. The minimum atomic E-state index is -4.24. The maximum atomic E-state index is 12.9. The summed E-state index contributed by atoms with van der Waals surface area (Å²) < 4.78 is 40.5. The van der Waals surface area contributed by atoms with Crippen LogP contribution in [0.3, 0.4) is 0 Å². The molecule has 2 aromatic rings. The third kappa shape index (κ3) is 3.68. The van der Waals surface area contributed by atoms with Crippen LogP contribution in [-0.2, 0) is 11.2 Å². The molecule has 3 heterocycles. The van der Waals surface area contributed by atoms with Crippen molar-refractivity contribution in [3.05, 3.63) is 28.7 Å². The highest BCUT2D eigenvalue weighted by molar-refractivity contribution is 5.76. The lowest BCUT2D eigenvalue weighted by Gasteiger charge is -2.33. The first-order valence-electron chi connectivity index (χ1n) is 8.83. The highest BCUT2D eigenvalue weighted by Crippen LogP contribution is 2.33. The van der Waals surface area contributed by atoms with Gasteiger partial charge in [0.2, 0.25) is 5.91 Å². The van der Waals surface area contributed by atoms with Gasteiger partial charge in [-0.15, -0.1) is 0 Å². The average Bonchev–Trinajstić information content (AvgIpc) is 2.94. The van der Waals surface area contributed by atoms with Crippen LogP contribution < -0.4 is 0 Å². The van der Waals surface area contributed by atoms with E-state index in [1.54, 1.807) is 4.52 Å². The van der Waals surface area contributed by atoms with E-state index in [2.05, 4.69) is 10.1 Å². The first kappa shape index (κ1) is 18.7. The van der Waals surface area contributed by atoms with E-state index in [0.29, 0.717) is 19.4 Å². The fraction of sp³-hybridized carbons (Fsp3) is 0.611. The maximum absolute atomic E-state index is 12.9. The Balaban J connectivity index is 1.71. The van der Waals surface area contributed by atoms with Crippen LogP contribution in [0.5, 0.6) is 0 Å². The molecule has 0 N–H and O–H groups in total. The molecule has 0 aliphatic carbocycles. The summed E-state index contributed by atoms with van der Waals surface area (Å²) in [5, 5.41) is 4.40. The van der Waals surface area contributed by atoms with E-state index in [9.17, 15) is 18.0 Å². The van der Waals surface area contributed by atoms with Crippen molar-refractivity contribution < 1.29 is 18.0 Å². The van der Waals surface area contributed by atoms with Gasteiger partial charge in [0.05, 0.1) is 11.6 Å². The molecule has 5 nitrogen and oxygen atoms in total. The Hall–Kier alpha value is -2.12. The Kier molecular flexibility index (Phi) is 4.94. The highest BCUT2D eigenvalue weighted by atomic mass is 19.4. The molecule has 1 aliphatic rings. The zero-order valence-corrected chi connectivity index (χ0v) is 15.2. The number of halogens is 3. The van der Waals surface area contributed by atoms with Crippen LogP contribution >= 0.6 is 0 Å². The summed E-state index contributed by atoms with van der Waals surface area (Å²) in [5.41, 5.74) is 4.30. The van der Waals surface area contributed by atoms with E-state index in [-0.39, 0.29) is 25.3 Å². The van der Waals surface area contributed by atoms with Crippen molar-refractivity contribution in [3.63, 3.8) is 0 Å². The molecule has 1 amide bonds. The van der Waals surface area contributed by atoms with Gasteiger partial charge in [0, 0.05) is 37.0 Å². The summed E-state index contributed by atoms with van der Waals surface area (Å²) in [7, 11) is 0. The first-order chi connectivity index (χ1) is 12.2. The van der Waals surface area contributed by atoms with Crippen molar-refractivity contribution in [1.82, 2.24) is 19.5 Å². The van der Waals surface area contributed by atoms with E-state index in [0.717, 1.165) is 28.3 Å². The van der Waals surface area contributed by atoms with Gasteiger partial charge in [0.25, 0.3) is 0 Å². The highest BCUT2D eigenvalue weighted by Gasteiger charge is 2.42. The topological polar surface area (TPSA) is 50.5 Å². The van der Waals surface area contributed by atoms with Crippen LogP contribution in [0.2, 0.25) is 0 Å². The number of amides is 1. The van der Waals surface area contributed by atoms with Crippen LogP contribution in [0.4, 0.5) is 13.2 Å². The summed E-state index contributed by atoms with van der Waals surface area (Å²) in [4.78, 5) is 18.3. The Bertz CT molecular complexity index is 828. The van der Waals surface area contributed by atoms with Crippen molar-refractivity contribution >= 4 is 11.6 Å². The number of carbonyl (C=O) groups is 1. The minimum Gasteiger partial charge on any atom is -0.342 e. The second-order valence-electron chi connectivity index (χ2n) is 7.04. The molecule has 0 saturated carbocycles. The zero-order valence-electron chi connectivity index (χ0n) is 15.2. The lowest BCUT2D eigenvalue weighted by molar-refractivity contribution is -0.188. The Labute approximate surface area is 150 Å². The molecule has 0 bridgehead atoms. The number of alkyl halides is 3. The average molecular weight is 368 g/mol. The van der Waals surface area contributed by atoms with Gasteiger partial charge in [-0.25, -0.2) is 9.50 Å². The number of nitrogens with zero attached hydrogens (tertiary/aromatic N) is 4. The Morgan fingerprint density at radius 2 is 2.04 bits per heavy atom. The van der Waals surface area contributed by atoms with E-state index in [4.69, 9.17) is 0 Å². The quantitative estimate of drug-likeness (QED) is 0.835. The monoisotopic (exact) mass is 368 g/mol. The van der Waals surface area contributed by atoms with Crippen LogP contribution in [-0.4, -0.2) is 44.7 Å². The number of rotatable bonds is 3. The standard InChI is InChI=1S/C18H23F3N4O/c1-11-9-16-22-12(2)15(13(3)25(16)23-11)6-7-17(26)24-8-4-5-14(10-24)18(19,20)21/h9,14H,4-8,10H2,1-3H3/t14-/m0/s1. The van der Waals surface area contributed by atoms with Gasteiger partial charge >= 0.3 is 6.18 Å². The number of piperidine rings is 1. The Morgan fingerprint density at radius 1 is 1.31 bits per heavy atom. The third-order valence-corrected chi connectivity index (χ3v) is 5.11. The van der Waals surface area contributed by atoms with Gasteiger partial charge < -0.3 is 4.90 Å². The molecule has 0 unspecified atom stereocenters. The molecule has 1 saturated heterocycles. The summed E-state index contributed by atoms with van der Waals surface area (Å²) in [6.07, 6.45) is -3.11. The molecule has 8 heteroatoms. The van der Waals surface area contributed by atoms with Gasteiger partial charge in [-0.3, -0.25) is 4.79 Å². The van der Waals surface area contributed by atoms with Gasteiger partial charge in [-0.05, 0) is 45.6 Å². The predicted octanol–water partition coefficient (Wildman–Crippen LogP) is 3.39. The fourth-order valence-electron chi connectivity index (χ4n) is 3.66. The van der Waals surface area contributed by atoms with Crippen molar-refractivity contribution in [2.75, 3.05) is 13.1 Å². The van der Waals surface area contributed by atoms with Crippen molar-refractivity contribution in [1.29, 1.82) is 0 Å². The molecule has 0 radical (unpaired) electrons. The van der Waals surface area contributed by atoms with Crippen molar-refractivity contribution in [2.24, 2.45) is 5.92 Å². The lowest BCUT2D eigenvalue weighted by atomic mass is 9.97. The molecular weight excluding hydrogens is 345 g/mol. The van der Waals surface area contributed by atoms with E-state index >= 15 is 0 Å². The molecule has 1 fully saturated rings. The smallest absolute Gasteiger partial charge is 0.342 e. The van der Waals surface area contributed by atoms with E-state index in [1.165, 1.54) is 4.90 Å². The third-order valence-electron chi connectivity index (χ3n) is 5.11. The predicted molar refractivity (Wildman–Crippen MR) is 90.9 cm³/mol. The SMILES string of the molecule is Cc1cc2nc(C)c(CCC(=O)N3CCC[C@H](C(F)(F)F)C3)c(C)n2n1. The maximum Gasteiger partial charge on any atom is 0.393 e. The Morgan fingerprint density at radius 3 is 2.73 bits per heavy atom. The summed E-state index contributed by atoms with van der Waals surface area (Å²) in [6.45, 7) is 5.87. The number of carbonyl (C=O) groups excluding carboxylic acids is 1. The molecule has 142 valence electrons.